The van der Waals surface area contributed by atoms with Gasteiger partial charge >= 0.3 is 5.69 Å². The predicted molar refractivity (Wildman–Crippen MR) is 122 cm³/mol. The molecule has 2 N–H and O–H groups in total. The van der Waals surface area contributed by atoms with Crippen LogP contribution in [0.5, 0.6) is 0 Å². The first-order valence-corrected chi connectivity index (χ1v) is 10.9. The molecule has 1 atom stereocenters. The molecule has 10 heteroatoms. The summed E-state index contributed by atoms with van der Waals surface area (Å²) < 4.78 is 3.90. The monoisotopic (exact) mass is 450 g/mol. The van der Waals surface area contributed by atoms with Crippen LogP contribution < -0.4 is 22.1 Å². The fraction of sp³-hybridized carbons (Fsp3) is 0.348. The molecule has 1 unspecified atom stereocenters. The van der Waals surface area contributed by atoms with Gasteiger partial charge in [0.05, 0.1) is 12.9 Å². The van der Waals surface area contributed by atoms with Crippen molar-refractivity contribution in [3.8, 4) is 0 Å². The highest BCUT2D eigenvalue weighted by molar-refractivity contribution is 5.82. The fourth-order valence-electron chi connectivity index (χ4n) is 4.00. The number of carbonyl (C=O) groups excluding carboxylic acids is 2. The SMILES string of the molecule is CCn1cnc2c1c(=O)n(CC(=O)NNC(=O)CC1C=CCC1)c(=O)n2Cc1ccccc1. The summed E-state index contributed by atoms with van der Waals surface area (Å²) in [5.41, 5.74) is 4.80. The van der Waals surface area contributed by atoms with Crippen molar-refractivity contribution < 1.29 is 9.59 Å². The Labute approximate surface area is 189 Å². The Morgan fingerprint density at radius 3 is 2.55 bits per heavy atom. The zero-order chi connectivity index (χ0) is 23.4. The van der Waals surface area contributed by atoms with E-state index in [0.29, 0.717) is 6.54 Å². The second kappa shape index (κ2) is 9.68. The first-order chi connectivity index (χ1) is 16.0. The van der Waals surface area contributed by atoms with Crippen LogP contribution in [-0.2, 0) is 29.2 Å². The fourth-order valence-corrected chi connectivity index (χ4v) is 4.00. The maximum atomic E-state index is 13.2. The average molecular weight is 450 g/mol. The molecule has 4 rings (SSSR count). The molecular weight excluding hydrogens is 424 g/mol. The van der Waals surface area contributed by atoms with E-state index >= 15 is 0 Å². The number of allylic oxidation sites excluding steroid dienone is 2. The molecule has 0 aliphatic heterocycles. The van der Waals surface area contributed by atoms with Crippen molar-refractivity contribution in [2.75, 3.05) is 0 Å². The number of aromatic nitrogens is 4. The summed E-state index contributed by atoms with van der Waals surface area (Å²) in [5.74, 6) is -0.836. The topological polar surface area (TPSA) is 120 Å². The van der Waals surface area contributed by atoms with Gasteiger partial charge in [-0.1, -0.05) is 42.5 Å². The summed E-state index contributed by atoms with van der Waals surface area (Å²) in [6, 6.07) is 9.32. The lowest BCUT2D eigenvalue weighted by atomic mass is 10.1. The largest absolute Gasteiger partial charge is 0.333 e. The van der Waals surface area contributed by atoms with Gasteiger partial charge in [-0.3, -0.25) is 29.8 Å². The van der Waals surface area contributed by atoms with Crippen LogP contribution in [0.2, 0.25) is 0 Å². The molecule has 1 aromatic carbocycles. The molecule has 2 amide bonds. The normalized spacial score (nSPS) is 15.1. The summed E-state index contributed by atoms with van der Waals surface area (Å²) in [6.07, 6.45) is 7.64. The van der Waals surface area contributed by atoms with Crippen molar-refractivity contribution in [1.82, 2.24) is 29.5 Å². The molecular formula is C23H26N6O4. The first kappa shape index (κ1) is 22.3. The van der Waals surface area contributed by atoms with E-state index in [4.69, 9.17) is 0 Å². The number of fused-ring (bicyclic) bond motifs is 1. The van der Waals surface area contributed by atoms with E-state index in [0.717, 1.165) is 23.0 Å². The Bertz CT molecular complexity index is 1320. The number of imidazole rings is 1. The van der Waals surface area contributed by atoms with E-state index in [1.165, 1.54) is 10.9 Å². The van der Waals surface area contributed by atoms with Crippen molar-refractivity contribution in [3.05, 3.63) is 75.2 Å². The number of rotatable bonds is 7. The number of nitrogens with zero attached hydrogens (tertiary/aromatic N) is 4. The van der Waals surface area contributed by atoms with E-state index in [2.05, 4.69) is 15.8 Å². The van der Waals surface area contributed by atoms with Crippen LogP contribution in [0.3, 0.4) is 0 Å². The first-order valence-electron chi connectivity index (χ1n) is 10.9. The number of hydrogen-bond donors (Lipinski definition) is 2. The molecule has 0 bridgehead atoms. The van der Waals surface area contributed by atoms with E-state index < -0.39 is 23.7 Å². The minimum atomic E-state index is -0.669. The van der Waals surface area contributed by atoms with E-state index in [9.17, 15) is 19.2 Å². The molecule has 10 nitrogen and oxygen atoms in total. The summed E-state index contributed by atoms with van der Waals surface area (Å²) in [4.78, 5) is 55.2. The van der Waals surface area contributed by atoms with Gasteiger partial charge < -0.3 is 4.57 Å². The van der Waals surface area contributed by atoms with Crippen molar-refractivity contribution in [2.24, 2.45) is 5.92 Å². The van der Waals surface area contributed by atoms with Crippen LogP contribution in [-0.4, -0.2) is 30.5 Å². The number of aryl methyl sites for hydroxylation is 1. The number of hydrazine groups is 1. The minimum absolute atomic E-state index is 0.159. The number of amides is 2. The molecule has 0 saturated heterocycles. The zero-order valence-corrected chi connectivity index (χ0v) is 18.4. The van der Waals surface area contributed by atoms with Crippen LogP contribution in [0.25, 0.3) is 11.2 Å². The molecule has 1 aliphatic carbocycles. The van der Waals surface area contributed by atoms with Gasteiger partial charge in [0.1, 0.15) is 6.54 Å². The number of carbonyl (C=O) groups is 2. The highest BCUT2D eigenvalue weighted by Crippen LogP contribution is 2.19. The molecule has 0 spiro atoms. The molecule has 2 heterocycles. The highest BCUT2D eigenvalue weighted by Gasteiger charge is 2.20. The molecule has 2 aromatic heterocycles. The summed E-state index contributed by atoms with van der Waals surface area (Å²) in [7, 11) is 0. The summed E-state index contributed by atoms with van der Waals surface area (Å²) >= 11 is 0. The van der Waals surface area contributed by atoms with Crippen molar-refractivity contribution in [3.63, 3.8) is 0 Å². The van der Waals surface area contributed by atoms with Gasteiger partial charge in [-0.25, -0.2) is 14.3 Å². The van der Waals surface area contributed by atoms with Gasteiger partial charge in [-0.2, -0.15) is 0 Å². The van der Waals surface area contributed by atoms with Crippen LogP contribution in [0.15, 0.2) is 58.4 Å². The quantitative estimate of drug-likeness (QED) is 0.410. The Hall–Kier alpha value is -3.95. The Kier molecular flexibility index (Phi) is 6.53. The van der Waals surface area contributed by atoms with Crippen LogP contribution in [0.4, 0.5) is 0 Å². The molecule has 172 valence electrons. The van der Waals surface area contributed by atoms with Crippen molar-refractivity contribution >= 4 is 23.0 Å². The molecule has 0 fully saturated rings. The lowest BCUT2D eigenvalue weighted by molar-refractivity contribution is -0.129. The van der Waals surface area contributed by atoms with E-state index in [-0.39, 0.29) is 36.0 Å². The molecule has 0 radical (unpaired) electrons. The maximum Gasteiger partial charge on any atom is 0.333 e. The lowest BCUT2D eigenvalue weighted by Gasteiger charge is -2.13. The molecule has 3 aromatic rings. The third-order valence-electron chi connectivity index (χ3n) is 5.71. The van der Waals surface area contributed by atoms with Crippen molar-refractivity contribution in [1.29, 1.82) is 0 Å². The average Bonchev–Trinajstić information content (AvgIpc) is 3.48. The number of hydrogen-bond acceptors (Lipinski definition) is 5. The van der Waals surface area contributed by atoms with Gasteiger partial charge in [-0.15, -0.1) is 0 Å². The van der Waals surface area contributed by atoms with Gasteiger partial charge in [0, 0.05) is 13.0 Å². The Balaban J connectivity index is 1.59. The van der Waals surface area contributed by atoms with Gasteiger partial charge in [0.2, 0.25) is 5.91 Å². The minimum Gasteiger partial charge on any atom is -0.325 e. The molecule has 33 heavy (non-hydrogen) atoms. The highest BCUT2D eigenvalue weighted by atomic mass is 16.2. The number of benzene rings is 1. The second-order valence-corrected chi connectivity index (χ2v) is 8.01. The maximum absolute atomic E-state index is 13.2. The van der Waals surface area contributed by atoms with Gasteiger partial charge in [-0.05, 0) is 31.2 Å². The van der Waals surface area contributed by atoms with Gasteiger partial charge in [0.25, 0.3) is 11.5 Å². The third kappa shape index (κ3) is 4.79. The lowest BCUT2D eigenvalue weighted by Crippen LogP contribution is -2.48. The standard InChI is InChI=1S/C23H26N6O4/c1-2-27-15-24-21-20(27)22(32)29(23(33)28(21)13-17-10-4-3-5-11-17)14-19(31)26-25-18(30)12-16-8-6-7-9-16/h3-6,8,10-11,15-16H,2,7,9,12-14H2,1H3,(H,25,30)(H,26,31). The summed E-state index contributed by atoms with van der Waals surface area (Å²) in [6.45, 7) is 2.01. The third-order valence-corrected chi connectivity index (χ3v) is 5.71. The van der Waals surface area contributed by atoms with E-state index in [1.54, 1.807) is 4.57 Å². The van der Waals surface area contributed by atoms with Crippen LogP contribution >= 0.6 is 0 Å². The van der Waals surface area contributed by atoms with Crippen LogP contribution in [0.1, 0.15) is 31.7 Å². The van der Waals surface area contributed by atoms with Crippen molar-refractivity contribution in [2.45, 2.75) is 45.8 Å². The predicted octanol–water partition coefficient (Wildman–Crippen LogP) is 0.932. The smallest absolute Gasteiger partial charge is 0.325 e. The molecule has 1 aliphatic rings. The van der Waals surface area contributed by atoms with Gasteiger partial charge in [0.15, 0.2) is 11.2 Å². The number of nitrogens with one attached hydrogen (secondary N) is 2. The molecule has 0 saturated carbocycles. The van der Waals surface area contributed by atoms with Crippen LogP contribution in [0, 0.1) is 5.92 Å². The second-order valence-electron chi connectivity index (χ2n) is 8.01. The Morgan fingerprint density at radius 2 is 1.85 bits per heavy atom. The van der Waals surface area contributed by atoms with E-state index in [1.807, 2.05) is 49.4 Å². The zero-order valence-electron chi connectivity index (χ0n) is 18.4. The Morgan fingerprint density at radius 1 is 1.09 bits per heavy atom. The summed E-state index contributed by atoms with van der Waals surface area (Å²) in [5, 5.41) is 0.